The molecule has 5 nitrogen and oxygen atoms in total. The summed E-state index contributed by atoms with van der Waals surface area (Å²) in [6.45, 7) is -0.811. The number of piperidine rings is 1. The molecule has 0 aromatic heterocycles. The standard InChI is InChI=1S/C11H16F3N3O2/c12-11(13,14)8(5-15)17-6-9(18)16-4-2-1-3-7(16)10(17)19/h7-8H,1-6,15H2. The van der Waals surface area contributed by atoms with Gasteiger partial charge in [-0.3, -0.25) is 9.59 Å². The molecule has 0 aliphatic carbocycles. The zero-order chi connectivity index (χ0) is 14.2. The maximum atomic E-state index is 12.8. The Morgan fingerprint density at radius 2 is 2.00 bits per heavy atom. The fraction of sp³-hybridized carbons (Fsp3) is 0.818. The average Bonchev–Trinajstić information content (AvgIpc) is 2.34. The number of hydrogen-bond acceptors (Lipinski definition) is 3. The maximum absolute atomic E-state index is 12.8. The summed E-state index contributed by atoms with van der Waals surface area (Å²) in [5.74, 6) is -1.06. The van der Waals surface area contributed by atoms with E-state index in [4.69, 9.17) is 5.73 Å². The number of halogens is 3. The lowest BCUT2D eigenvalue weighted by molar-refractivity contribution is -0.196. The second kappa shape index (κ2) is 4.99. The van der Waals surface area contributed by atoms with Crippen molar-refractivity contribution in [2.75, 3.05) is 19.6 Å². The lowest BCUT2D eigenvalue weighted by Gasteiger charge is -2.45. The molecule has 2 atom stereocenters. The Kier molecular flexibility index (Phi) is 3.71. The fourth-order valence-corrected chi connectivity index (χ4v) is 2.69. The summed E-state index contributed by atoms with van der Waals surface area (Å²) in [5.41, 5.74) is 5.13. The number of carbonyl (C=O) groups is 2. The van der Waals surface area contributed by atoms with Crippen molar-refractivity contribution in [3.8, 4) is 0 Å². The van der Waals surface area contributed by atoms with Crippen LogP contribution in [-0.4, -0.2) is 59.5 Å². The van der Waals surface area contributed by atoms with Crippen LogP contribution in [0.25, 0.3) is 0 Å². The van der Waals surface area contributed by atoms with Crippen LogP contribution in [0.4, 0.5) is 13.2 Å². The first-order valence-electron chi connectivity index (χ1n) is 6.23. The molecule has 0 radical (unpaired) electrons. The number of fused-ring (bicyclic) bond motifs is 1. The number of rotatable bonds is 2. The van der Waals surface area contributed by atoms with Crippen LogP contribution in [0, 0.1) is 0 Å². The van der Waals surface area contributed by atoms with E-state index in [2.05, 4.69) is 0 Å². The Hall–Kier alpha value is -1.31. The van der Waals surface area contributed by atoms with Gasteiger partial charge in [-0.15, -0.1) is 0 Å². The van der Waals surface area contributed by atoms with Crippen LogP contribution in [-0.2, 0) is 9.59 Å². The summed E-state index contributed by atoms with van der Waals surface area (Å²) in [6, 6.07) is -2.82. The minimum atomic E-state index is -4.61. The lowest BCUT2D eigenvalue weighted by Crippen LogP contribution is -2.66. The molecule has 0 aromatic carbocycles. The molecule has 108 valence electrons. The van der Waals surface area contributed by atoms with Crippen LogP contribution in [0.5, 0.6) is 0 Å². The molecule has 0 aromatic rings. The van der Waals surface area contributed by atoms with Crippen LogP contribution in [0.15, 0.2) is 0 Å². The van der Waals surface area contributed by atoms with Crippen molar-refractivity contribution in [3.63, 3.8) is 0 Å². The van der Waals surface area contributed by atoms with Gasteiger partial charge in [0.25, 0.3) is 0 Å². The monoisotopic (exact) mass is 279 g/mol. The van der Waals surface area contributed by atoms with Gasteiger partial charge in [-0.2, -0.15) is 13.2 Å². The van der Waals surface area contributed by atoms with E-state index in [-0.39, 0.29) is 0 Å². The largest absolute Gasteiger partial charge is 0.410 e. The van der Waals surface area contributed by atoms with Crippen molar-refractivity contribution in [1.29, 1.82) is 0 Å². The molecule has 19 heavy (non-hydrogen) atoms. The van der Waals surface area contributed by atoms with Gasteiger partial charge in [0.15, 0.2) is 0 Å². The van der Waals surface area contributed by atoms with Gasteiger partial charge >= 0.3 is 6.18 Å². The van der Waals surface area contributed by atoms with Gasteiger partial charge < -0.3 is 15.5 Å². The Balaban J connectivity index is 2.23. The summed E-state index contributed by atoms with van der Waals surface area (Å²) >= 11 is 0. The molecular formula is C11H16F3N3O2. The molecule has 2 fully saturated rings. The molecule has 0 saturated carbocycles. The Morgan fingerprint density at radius 1 is 1.32 bits per heavy atom. The van der Waals surface area contributed by atoms with Gasteiger partial charge in [0, 0.05) is 13.1 Å². The van der Waals surface area contributed by atoms with E-state index >= 15 is 0 Å². The van der Waals surface area contributed by atoms with Gasteiger partial charge in [-0.05, 0) is 19.3 Å². The average molecular weight is 279 g/mol. The van der Waals surface area contributed by atoms with Crippen molar-refractivity contribution in [2.45, 2.75) is 37.5 Å². The van der Waals surface area contributed by atoms with E-state index in [0.29, 0.717) is 17.9 Å². The zero-order valence-corrected chi connectivity index (χ0v) is 10.3. The van der Waals surface area contributed by atoms with E-state index in [0.717, 1.165) is 12.8 Å². The molecule has 2 unspecified atom stereocenters. The normalized spacial score (nSPS) is 26.4. The molecule has 2 aliphatic heterocycles. The molecule has 2 amide bonds. The highest BCUT2D eigenvalue weighted by atomic mass is 19.4. The predicted molar refractivity (Wildman–Crippen MR) is 60.0 cm³/mol. The van der Waals surface area contributed by atoms with Crippen molar-refractivity contribution in [2.24, 2.45) is 5.73 Å². The molecule has 8 heteroatoms. The van der Waals surface area contributed by atoms with Crippen LogP contribution < -0.4 is 5.73 Å². The van der Waals surface area contributed by atoms with E-state index in [1.807, 2.05) is 0 Å². The second-order valence-electron chi connectivity index (χ2n) is 4.86. The third-order valence-electron chi connectivity index (χ3n) is 3.67. The van der Waals surface area contributed by atoms with Gasteiger partial charge in [-0.1, -0.05) is 0 Å². The number of piperazine rings is 1. The van der Waals surface area contributed by atoms with E-state index < -0.39 is 43.2 Å². The predicted octanol–water partition coefficient (Wildman–Crippen LogP) is 0.0993. The Bertz CT molecular complexity index is 386. The number of alkyl halides is 3. The lowest BCUT2D eigenvalue weighted by atomic mass is 9.97. The van der Waals surface area contributed by atoms with Crippen LogP contribution >= 0.6 is 0 Å². The van der Waals surface area contributed by atoms with Crippen LogP contribution in [0.1, 0.15) is 19.3 Å². The van der Waals surface area contributed by atoms with Gasteiger partial charge in [-0.25, -0.2) is 0 Å². The number of nitrogens with two attached hydrogens (primary N) is 1. The van der Waals surface area contributed by atoms with Crippen molar-refractivity contribution >= 4 is 11.8 Å². The van der Waals surface area contributed by atoms with Crippen molar-refractivity contribution < 1.29 is 22.8 Å². The van der Waals surface area contributed by atoms with Gasteiger partial charge in [0.1, 0.15) is 18.6 Å². The summed E-state index contributed by atoms with van der Waals surface area (Å²) in [6.07, 6.45) is -2.65. The van der Waals surface area contributed by atoms with Gasteiger partial charge in [0.2, 0.25) is 11.8 Å². The summed E-state index contributed by atoms with van der Waals surface area (Å²) in [4.78, 5) is 26.0. The minimum absolute atomic E-state index is 0.424. The fourth-order valence-electron chi connectivity index (χ4n) is 2.69. The third kappa shape index (κ3) is 2.54. The molecular weight excluding hydrogens is 263 g/mol. The third-order valence-corrected chi connectivity index (χ3v) is 3.67. The smallest absolute Gasteiger partial charge is 0.329 e. The summed E-state index contributed by atoms with van der Waals surface area (Å²) in [5, 5.41) is 0. The van der Waals surface area contributed by atoms with Crippen molar-refractivity contribution in [3.05, 3.63) is 0 Å². The highest BCUT2D eigenvalue weighted by Gasteiger charge is 2.50. The quantitative estimate of drug-likeness (QED) is 0.779. The minimum Gasteiger partial charge on any atom is -0.329 e. The molecule has 2 rings (SSSR count). The summed E-state index contributed by atoms with van der Waals surface area (Å²) in [7, 11) is 0. The number of nitrogens with zero attached hydrogens (tertiary/aromatic N) is 2. The van der Waals surface area contributed by atoms with E-state index in [1.165, 1.54) is 4.90 Å². The molecule has 0 spiro atoms. The summed E-state index contributed by atoms with van der Waals surface area (Å²) < 4.78 is 38.5. The topological polar surface area (TPSA) is 66.6 Å². The first kappa shape index (κ1) is 14.1. The number of hydrogen-bond donors (Lipinski definition) is 1. The Labute approximate surface area is 108 Å². The molecule has 0 bridgehead atoms. The SMILES string of the molecule is NCC(N1CC(=O)N2CCCCC2C1=O)C(F)(F)F. The van der Waals surface area contributed by atoms with Gasteiger partial charge in [0.05, 0.1) is 0 Å². The highest BCUT2D eigenvalue weighted by molar-refractivity contribution is 5.95. The molecule has 2 N–H and O–H groups in total. The van der Waals surface area contributed by atoms with Crippen LogP contribution in [0.3, 0.4) is 0 Å². The van der Waals surface area contributed by atoms with Crippen LogP contribution in [0.2, 0.25) is 0 Å². The second-order valence-corrected chi connectivity index (χ2v) is 4.86. The van der Waals surface area contributed by atoms with Crippen molar-refractivity contribution in [1.82, 2.24) is 9.80 Å². The molecule has 2 heterocycles. The first-order valence-corrected chi connectivity index (χ1v) is 6.23. The maximum Gasteiger partial charge on any atom is 0.410 e. The van der Waals surface area contributed by atoms with E-state index in [1.54, 1.807) is 0 Å². The first-order chi connectivity index (χ1) is 8.86. The molecule has 2 saturated heterocycles. The molecule has 2 aliphatic rings. The zero-order valence-electron chi connectivity index (χ0n) is 10.3. The number of carbonyl (C=O) groups excluding carboxylic acids is 2. The highest BCUT2D eigenvalue weighted by Crippen LogP contribution is 2.29. The number of amides is 2. The Morgan fingerprint density at radius 3 is 2.58 bits per heavy atom. The van der Waals surface area contributed by atoms with E-state index in [9.17, 15) is 22.8 Å².